The molecule has 0 saturated carbocycles. The van der Waals surface area contributed by atoms with Crippen molar-refractivity contribution in [2.45, 2.75) is 79.1 Å². The molecule has 2 rings (SSSR count). The molecule has 0 aliphatic rings. The Morgan fingerprint density at radius 1 is 0.560 bits per heavy atom. The maximum absolute atomic E-state index is 10.6. The van der Waals surface area contributed by atoms with E-state index in [1.54, 1.807) is 0 Å². The molecule has 25 heavy (non-hydrogen) atoms. The summed E-state index contributed by atoms with van der Waals surface area (Å²) >= 11 is 0. The maximum atomic E-state index is 10.6. The molecule has 0 aliphatic heterocycles. The van der Waals surface area contributed by atoms with Gasteiger partial charge in [-0.1, -0.05) is 71.6 Å². The molecule has 2 aromatic carbocycles. The summed E-state index contributed by atoms with van der Waals surface area (Å²) in [6.07, 6.45) is 8.59. The van der Waals surface area contributed by atoms with Crippen LogP contribution >= 0.6 is 0 Å². The van der Waals surface area contributed by atoms with Gasteiger partial charge in [-0.05, 0) is 71.2 Å². The molecule has 0 radical (unpaired) electrons. The Bertz CT molecular complexity index is 633. The predicted octanol–water partition coefficient (Wildman–Crippen LogP) is 6.87. The highest BCUT2D eigenvalue weighted by molar-refractivity contribution is 5.69. The minimum Gasteiger partial charge on any atom is -0.507 e. The molecule has 1 N–H and O–H groups in total. The zero-order valence-electron chi connectivity index (χ0n) is 16.5. The predicted molar refractivity (Wildman–Crippen MR) is 110 cm³/mol. The molecule has 1 nitrogen and oxygen atoms in total. The zero-order valence-corrected chi connectivity index (χ0v) is 16.5. The molecule has 0 saturated heterocycles. The summed E-state index contributed by atoms with van der Waals surface area (Å²) in [6.45, 7) is 8.83. The van der Waals surface area contributed by atoms with Crippen molar-refractivity contribution in [3.63, 3.8) is 0 Å². The van der Waals surface area contributed by atoms with Crippen molar-refractivity contribution < 1.29 is 5.11 Å². The molecule has 1 heteroatoms. The Kier molecular flexibility index (Phi) is 7.55. The average molecular weight is 339 g/mol. The van der Waals surface area contributed by atoms with Gasteiger partial charge in [-0.2, -0.15) is 0 Å². The summed E-state index contributed by atoms with van der Waals surface area (Å²) in [6, 6.07) is 11.5. The van der Waals surface area contributed by atoms with Gasteiger partial charge in [0.05, 0.1) is 0 Å². The van der Waals surface area contributed by atoms with Gasteiger partial charge < -0.3 is 5.11 Å². The zero-order chi connectivity index (χ0) is 18.2. The minimum absolute atomic E-state index is 0.519. The second-order valence-corrected chi connectivity index (χ2v) is 7.18. The van der Waals surface area contributed by atoms with Gasteiger partial charge in [0, 0.05) is 0 Å². The lowest BCUT2D eigenvalue weighted by Crippen LogP contribution is -1.96. The molecular formula is C24H34O. The van der Waals surface area contributed by atoms with Crippen molar-refractivity contribution in [1.82, 2.24) is 0 Å². The van der Waals surface area contributed by atoms with Crippen LogP contribution in [0.5, 0.6) is 5.75 Å². The quantitative estimate of drug-likeness (QED) is 0.529. The van der Waals surface area contributed by atoms with Crippen molar-refractivity contribution in [3.05, 3.63) is 52.6 Å². The Morgan fingerprint density at radius 3 is 1.36 bits per heavy atom. The fourth-order valence-electron chi connectivity index (χ4n) is 3.64. The topological polar surface area (TPSA) is 20.2 Å². The summed E-state index contributed by atoms with van der Waals surface area (Å²) in [5.41, 5.74) is 7.64. The van der Waals surface area contributed by atoms with Crippen molar-refractivity contribution in [3.8, 4) is 16.9 Å². The highest BCUT2D eigenvalue weighted by Crippen LogP contribution is 2.33. The summed E-state index contributed by atoms with van der Waals surface area (Å²) in [5.74, 6) is 0.519. The van der Waals surface area contributed by atoms with Crippen molar-refractivity contribution in [1.29, 1.82) is 0 Å². The van der Waals surface area contributed by atoms with Crippen LogP contribution < -0.4 is 0 Å². The first-order chi connectivity index (χ1) is 12.1. The van der Waals surface area contributed by atoms with E-state index < -0.39 is 0 Å². The SMILES string of the molecule is CCCc1cc(CCC)cc(-c2cc(CCC)c(O)c(CCC)c2)c1. The monoisotopic (exact) mass is 338 g/mol. The molecule has 0 fully saturated rings. The van der Waals surface area contributed by atoms with E-state index in [4.69, 9.17) is 0 Å². The largest absolute Gasteiger partial charge is 0.507 e. The molecule has 0 heterocycles. The Balaban J connectivity index is 2.55. The second-order valence-electron chi connectivity index (χ2n) is 7.18. The van der Waals surface area contributed by atoms with Gasteiger partial charge >= 0.3 is 0 Å². The van der Waals surface area contributed by atoms with Gasteiger partial charge in [0.2, 0.25) is 0 Å². The van der Waals surface area contributed by atoms with Crippen molar-refractivity contribution in [2.24, 2.45) is 0 Å². The number of phenolic OH excluding ortho intramolecular Hbond substituents is 1. The van der Waals surface area contributed by atoms with Gasteiger partial charge in [-0.25, -0.2) is 0 Å². The van der Waals surface area contributed by atoms with Crippen LogP contribution in [0.25, 0.3) is 11.1 Å². The Morgan fingerprint density at radius 2 is 0.960 bits per heavy atom. The van der Waals surface area contributed by atoms with Crippen LogP contribution in [0.4, 0.5) is 0 Å². The molecule has 0 aromatic heterocycles. The first kappa shape index (κ1) is 19.6. The van der Waals surface area contributed by atoms with Gasteiger partial charge in [-0.3, -0.25) is 0 Å². The lowest BCUT2D eigenvalue weighted by Gasteiger charge is -2.15. The van der Waals surface area contributed by atoms with Gasteiger partial charge in [0.15, 0.2) is 0 Å². The highest BCUT2D eigenvalue weighted by Gasteiger charge is 2.11. The van der Waals surface area contributed by atoms with Crippen LogP contribution in [-0.4, -0.2) is 5.11 Å². The van der Waals surface area contributed by atoms with E-state index in [-0.39, 0.29) is 0 Å². The third kappa shape index (κ3) is 5.11. The van der Waals surface area contributed by atoms with E-state index >= 15 is 0 Å². The summed E-state index contributed by atoms with van der Waals surface area (Å²) < 4.78 is 0. The number of benzene rings is 2. The minimum atomic E-state index is 0.519. The fourth-order valence-corrected chi connectivity index (χ4v) is 3.64. The number of phenols is 1. The standard InChI is InChI=1S/C24H34O/c1-5-9-18-13-19(10-6-2)15-22(14-18)23-16-20(11-7-3)24(25)21(17-23)12-8-4/h13-17,25H,5-12H2,1-4H3. The lowest BCUT2D eigenvalue weighted by molar-refractivity contribution is 0.460. The van der Waals surface area contributed by atoms with E-state index in [1.165, 1.54) is 35.1 Å². The normalized spacial score (nSPS) is 11.0. The number of aromatic hydroxyl groups is 1. The average Bonchev–Trinajstić information content (AvgIpc) is 2.59. The highest BCUT2D eigenvalue weighted by atomic mass is 16.3. The van der Waals surface area contributed by atoms with E-state index in [0.29, 0.717) is 5.75 Å². The van der Waals surface area contributed by atoms with Crippen LogP contribution in [-0.2, 0) is 25.7 Å². The van der Waals surface area contributed by atoms with Gasteiger partial charge in [0.25, 0.3) is 0 Å². The molecular weight excluding hydrogens is 304 g/mol. The van der Waals surface area contributed by atoms with Crippen LogP contribution in [0.2, 0.25) is 0 Å². The summed E-state index contributed by atoms with van der Waals surface area (Å²) in [7, 11) is 0. The second kappa shape index (κ2) is 9.65. The van der Waals surface area contributed by atoms with Crippen LogP contribution in [0.15, 0.2) is 30.3 Å². The smallest absolute Gasteiger partial charge is 0.121 e. The third-order valence-electron chi connectivity index (χ3n) is 4.77. The first-order valence-electron chi connectivity index (χ1n) is 10.1. The lowest BCUT2D eigenvalue weighted by atomic mass is 9.92. The van der Waals surface area contributed by atoms with Crippen molar-refractivity contribution in [2.75, 3.05) is 0 Å². The number of hydrogen-bond donors (Lipinski definition) is 1. The number of aryl methyl sites for hydroxylation is 4. The van der Waals surface area contributed by atoms with Crippen LogP contribution in [0, 0.1) is 0 Å². The van der Waals surface area contributed by atoms with Gasteiger partial charge in [-0.15, -0.1) is 0 Å². The molecule has 0 atom stereocenters. The van der Waals surface area contributed by atoms with E-state index in [1.807, 2.05) is 0 Å². The summed E-state index contributed by atoms with van der Waals surface area (Å²) in [5, 5.41) is 10.6. The number of hydrogen-bond acceptors (Lipinski definition) is 1. The molecule has 2 aromatic rings. The Hall–Kier alpha value is -1.76. The molecule has 136 valence electrons. The Labute approximate surface area is 154 Å². The first-order valence-corrected chi connectivity index (χ1v) is 10.1. The van der Waals surface area contributed by atoms with Crippen molar-refractivity contribution >= 4 is 0 Å². The van der Waals surface area contributed by atoms with E-state index in [2.05, 4.69) is 58.0 Å². The van der Waals surface area contributed by atoms with Crippen LogP contribution in [0.3, 0.4) is 0 Å². The molecule has 0 spiro atoms. The third-order valence-corrected chi connectivity index (χ3v) is 4.77. The van der Waals surface area contributed by atoms with E-state index in [0.717, 1.165) is 49.7 Å². The number of rotatable bonds is 9. The fraction of sp³-hybridized carbons (Fsp3) is 0.500. The van der Waals surface area contributed by atoms with E-state index in [9.17, 15) is 5.11 Å². The molecule has 0 aliphatic carbocycles. The maximum Gasteiger partial charge on any atom is 0.121 e. The molecule has 0 bridgehead atoms. The molecule has 0 unspecified atom stereocenters. The van der Waals surface area contributed by atoms with Crippen LogP contribution in [0.1, 0.15) is 75.6 Å². The molecule has 0 amide bonds. The van der Waals surface area contributed by atoms with Gasteiger partial charge in [0.1, 0.15) is 5.75 Å². The summed E-state index contributed by atoms with van der Waals surface area (Å²) in [4.78, 5) is 0.